The van der Waals surface area contributed by atoms with Crippen LogP contribution in [0.4, 0.5) is 0 Å². The summed E-state index contributed by atoms with van der Waals surface area (Å²) in [4.78, 5) is 0. The Hall–Kier alpha value is -0.570. The molecule has 0 aromatic heterocycles. The minimum absolute atomic E-state index is 0.411. The predicted octanol–water partition coefficient (Wildman–Crippen LogP) is 2.85. The van der Waals surface area contributed by atoms with Crippen LogP contribution >= 0.6 is 11.6 Å². The molecule has 0 bridgehead atoms. The highest BCUT2D eigenvalue weighted by atomic mass is 35.5. The Morgan fingerprint density at radius 1 is 1.47 bits per heavy atom. The Balaban J connectivity index is 2.41. The van der Waals surface area contributed by atoms with E-state index in [-0.39, 0.29) is 0 Å². The molecule has 0 aliphatic rings. The summed E-state index contributed by atoms with van der Waals surface area (Å²) >= 11 is 5.90. The van der Waals surface area contributed by atoms with Gasteiger partial charge in [-0.15, -0.1) is 0 Å². The van der Waals surface area contributed by atoms with Gasteiger partial charge in [0.25, 0.3) is 0 Å². The summed E-state index contributed by atoms with van der Waals surface area (Å²) in [6, 6.07) is 8.31. The highest BCUT2D eigenvalue weighted by Gasteiger charge is 2.04. The Morgan fingerprint density at radius 2 is 2.27 bits per heavy atom. The molecule has 1 N–H and O–H groups in total. The zero-order chi connectivity index (χ0) is 11.1. The van der Waals surface area contributed by atoms with Crippen LogP contribution in [0.2, 0.25) is 5.02 Å². The number of ether oxygens (including phenoxy) is 1. The Labute approximate surface area is 96.6 Å². The second-order valence-electron chi connectivity index (χ2n) is 3.57. The highest BCUT2D eigenvalue weighted by Crippen LogP contribution is 2.10. The molecule has 84 valence electrons. The van der Waals surface area contributed by atoms with Crippen LogP contribution in [-0.4, -0.2) is 19.8 Å². The van der Waals surface area contributed by atoms with Crippen LogP contribution in [-0.2, 0) is 11.3 Å². The first kappa shape index (κ1) is 12.5. The molecule has 1 aromatic rings. The van der Waals surface area contributed by atoms with Crippen molar-refractivity contribution < 1.29 is 4.74 Å². The fraction of sp³-hybridized carbons (Fsp3) is 0.500. The third-order valence-corrected chi connectivity index (χ3v) is 2.58. The third-order valence-electron chi connectivity index (χ3n) is 2.34. The van der Waals surface area contributed by atoms with E-state index in [4.69, 9.17) is 16.3 Å². The van der Waals surface area contributed by atoms with Gasteiger partial charge in [-0.3, -0.25) is 0 Å². The highest BCUT2D eigenvalue weighted by molar-refractivity contribution is 6.30. The predicted molar refractivity (Wildman–Crippen MR) is 64.2 cm³/mol. The summed E-state index contributed by atoms with van der Waals surface area (Å²) in [6.45, 7) is 3.73. The number of benzene rings is 1. The summed E-state index contributed by atoms with van der Waals surface area (Å²) in [6.07, 6.45) is 1.06. The quantitative estimate of drug-likeness (QED) is 0.807. The van der Waals surface area contributed by atoms with E-state index in [1.165, 1.54) is 5.56 Å². The second kappa shape index (κ2) is 6.83. The van der Waals surface area contributed by atoms with Crippen molar-refractivity contribution in [2.24, 2.45) is 0 Å². The molecular formula is C12H18ClNO. The molecular weight excluding hydrogens is 210 g/mol. The van der Waals surface area contributed by atoms with E-state index in [0.29, 0.717) is 6.04 Å². The summed E-state index contributed by atoms with van der Waals surface area (Å²) in [5.41, 5.74) is 1.21. The molecule has 0 heterocycles. The van der Waals surface area contributed by atoms with E-state index < -0.39 is 0 Å². The van der Waals surface area contributed by atoms with E-state index >= 15 is 0 Å². The molecule has 3 heteroatoms. The molecule has 15 heavy (non-hydrogen) atoms. The van der Waals surface area contributed by atoms with E-state index in [1.54, 1.807) is 7.11 Å². The third kappa shape index (κ3) is 4.65. The molecule has 0 saturated heterocycles. The molecule has 0 aliphatic carbocycles. The van der Waals surface area contributed by atoms with Crippen LogP contribution in [0.1, 0.15) is 18.9 Å². The van der Waals surface area contributed by atoms with Crippen molar-refractivity contribution in [2.75, 3.05) is 13.7 Å². The minimum Gasteiger partial charge on any atom is -0.383 e. The summed E-state index contributed by atoms with van der Waals surface area (Å²) in [7, 11) is 1.73. The average Bonchev–Trinajstić information content (AvgIpc) is 2.24. The van der Waals surface area contributed by atoms with Crippen molar-refractivity contribution >= 4 is 11.6 Å². The van der Waals surface area contributed by atoms with E-state index in [0.717, 1.165) is 24.6 Å². The number of methoxy groups -OCH3 is 1. The van der Waals surface area contributed by atoms with Crippen LogP contribution < -0.4 is 5.32 Å². The zero-order valence-corrected chi connectivity index (χ0v) is 10.1. The maximum absolute atomic E-state index is 5.90. The van der Waals surface area contributed by atoms with Gasteiger partial charge in [0.15, 0.2) is 0 Å². The molecule has 1 atom stereocenters. The number of halogens is 1. The fourth-order valence-electron chi connectivity index (χ4n) is 1.43. The number of hydrogen-bond acceptors (Lipinski definition) is 2. The van der Waals surface area contributed by atoms with Gasteiger partial charge in [0.1, 0.15) is 0 Å². The molecule has 0 radical (unpaired) electrons. The van der Waals surface area contributed by atoms with Crippen LogP contribution in [0.5, 0.6) is 0 Å². The van der Waals surface area contributed by atoms with Crippen LogP contribution in [0.15, 0.2) is 24.3 Å². The molecule has 0 saturated carbocycles. The fourth-order valence-corrected chi connectivity index (χ4v) is 1.64. The first-order chi connectivity index (χ1) is 7.26. The topological polar surface area (TPSA) is 21.3 Å². The lowest BCUT2D eigenvalue weighted by atomic mass is 10.2. The lowest BCUT2D eigenvalue weighted by Crippen LogP contribution is -2.31. The van der Waals surface area contributed by atoms with Crippen molar-refractivity contribution in [3.8, 4) is 0 Å². The van der Waals surface area contributed by atoms with Gasteiger partial charge >= 0.3 is 0 Å². The average molecular weight is 228 g/mol. The van der Waals surface area contributed by atoms with E-state index in [9.17, 15) is 0 Å². The van der Waals surface area contributed by atoms with Gasteiger partial charge in [0.05, 0.1) is 6.61 Å². The van der Waals surface area contributed by atoms with E-state index in [2.05, 4.69) is 18.3 Å². The maximum atomic E-state index is 5.90. The first-order valence-corrected chi connectivity index (χ1v) is 5.60. The Bertz CT molecular complexity index is 291. The summed E-state index contributed by atoms with van der Waals surface area (Å²) < 4.78 is 5.12. The van der Waals surface area contributed by atoms with Crippen LogP contribution in [0.25, 0.3) is 0 Å². The van der Waals surface area contributed by atoms with Gasteiger partial charge < -0.3 is 10.1 Å². The van der Waals surface area contributed by atoms with Gasteiger partial charge in [-0.1, -0.05) is 30.7 Å². The Morgan fingerprint density at radius 3 is 2.87 bits per heavy atom. The molecule has 1 rings (SSSR count). The van der Waals surface area contributed by atoms with Crippen molar-refractivity contribution in [3.63, 3.8) is 0 Å². The molecule has 0 amide bonds. The number of hydrogen-bond donors (Lipinski definition) is 1. The molecule has 0 fully saturated rings. The Kier molecular flexibility index (Phi) is 5.69. The first-order valence-electron chi connectivity index (χ1n) is 5.23. The molecule has 0 spiro atoms. The second-order valence-corrected chi connectivity index (χ2v) is 4.01. The molecule has 0 unspecified atom stereocenters. The smallest absolute Gasteiger partial charge is 0.0615 e. The van der Waals surface area contributed by atoms with Gasteiger partial charge in [-0.25, -0.2) is 0 Å². The van der Waals surface area contributed by atoms with Crippen LogP contribution in [0.3, 0.4) is 0 Å². The molecule has 0 aliphatic heterocycles. The number of nitrogens with one attached hydrogen (secondary N) is 1. The maximum Gasteiger partial charge on any atom is 0.0615 e. The standard InChI is InChI=1S/C12H18ClNO/c1-3-12(9-15-2)14-8-10-5-4-6-11(13)7-10/h4-7,12,14H,3,8-9H2,1-2H3/t12-/m1/s1. The summed E-state index contributed by atoms with van der Waals surface area (Å²) in [5, 5.41) is 4.22. The molecule has 1 aromatic carbocycles. The SMILES string of the molecule is CC[C@H](COC)NCc1cccc(Cl)c1. The summed E-state index contributed by atoms with van der Waals surface area (Å²) in [5.74, 6) is 0. The monoisotopic (exact) mass is 227 g/mol. The number of rotatable bonds is 6. The van der Waals surface area contributed by atoms with Gasteiger partial charge in [-0.05, 0) is 24.1 Å². The van der Waals surface area contributed by atoms with Gasteiger partial charge in [-0.2, -0.15) is 0 Å². The van der Waals surface area contributed by atoms with Gasteiger partial charge in [0, 0.05) is 24.7 Å². The van der Waals surface area contributed by atoms with Gasteiger partial charge in [0.2, 0.25) is 0 Å². The normalized spacial score (nSPS) is 12.7. The van der Waals surface area contributed by atoms with Crippen molar-refractivity contribution in [2.45, 2.75) is 25.9 Å². The van der Waals surface area contributed by atoms with Crippen molar-refractivity contribution in [1.29, 1.82) is 0 Å². The van der Waals surface area contributed by atoms with Crippen LogP contribution in [0, 0.1) is 0 Å². The largest absolute Gasteiger partial charge is 0.383 e. The van der Waals surface area contributed by atoms with Crippen molar-refractivity contribution in [3.05, 3.63) is 34.9 Å². The van der Waals surface area contributed by atoms with Crippen molar-refractivity contribution in [1.82, 2.24) is 5.32 Å². The molecule has 2 nitrogen and oxygen atoms in total. The lowest BCUT2D eigenvalue weighted by molar-refractivity contribution is 0.164. The lowest BCUT2D eigenvalue weighted by Gasteiger charge is -2.15. The zero-order valence-electron chi connectivity index (χ0n) is 9.29. The van der Waals surface area contributed by atoms with E-state index in [1.807, 2.05) is 18.2 Å². The minimum atomic E-state index is 0.411.